The number of hydrogen-bond acceptors (Lipinski definition) is 3. The molecule has 2 aromatic carbocycles. The highest BCUT2D eigenvalue weighted by Gasteiger charge is 2.11. The molecule has 0 spiro atoms. The van der Waals surface area contributed by atoms with Gasteiger partial charge in [-0.05, 0) is 36.8 Å². The van der Waals surface area contributed by atoms with Crippen LogP contribution < -0.4 is 5.32 Å². The molecular weight excluding hydrogens is 256 g/mol. The summed E-state index contributed by atoms with van der Waals surface area (Å²) in [5.41, 5.74) is 2.02. The molecule has 0 saturated heterocycles. The van der Waals surface area contributed by atoms with Gasteiger partial charge in [-0.15, -0.1) is 4.91 Å². The van der Waals surface area contributed by atoms with Crippen molar-refractivity contribution in [3.05, 3.63) is 70.1 Å². The van der Waals surface area contributed by atoms with Crippen LogP contribution in [0.3, 0.4) is 0 Å². The molecule has 0 aliphatic carbocycles. The van der Waals surface area contributed by atoms with Crippen LogP contribution in [0.1, 0.15) is 26.3 Å². The number of nitrogens with one attached hydrogen (secondary N) is 1. The summed E-state index contributed by atoms with van der Waals surface area (Å²) in [6, 6.07) is 13.2. The van der Waals surface area contributed by atoms with Crippen molar-refractivity contribution >= 4 is 17.5 Å². The topological polar surface area (TPSA) is 75.6 Å². The predicted molar refractivity (Wildman–Crippen MR) is 75.7 cm³/mol. The minimum absolute atomic E-state index is 0.0948. The van der Waals surface area contributed by atoms with Crippen LogP contribution in [0.4, 0.5) is 5.69 Å². The quantitative estimate of drug-likeness (QED) is 0.869. The number of amides is 2. The van der Waals surface area contributed by atoms with Crippen LogP contribution in [-0.4, -0.2) is 11.8 Å². The fourth-order valence-corrected chi connectivity index (χ4v) is 1.75. The fraction of sp³-hybridized carbons (Fsp3) is 0.0667. The van der Waals surface area contributed by atoms with E-state index in [1.165, 1.54) is 18.2 Å². The highest BCUT2D eigenvalue weighted by atomic mass is 16.3. The summed E-state index contributed by atoms with van der Waals surface area (Å²) >= 11 is 0. The van der Waals surface area contributed by atoms with Gasteiger partial charge < -0.3 is 5.32 Å². The summed E-state index contributed by atoms with van der Waals surface area (Å²) in [4.78, 5) is 33.5. The van der Waals surface area contributed by atoms with Crippen LogP contribution in [-0.2, 0) is 0 Å². The number of para-hydroxylation sites is 1. The molecule has 0 atom stereocenters. The van der Waals surface area contributed by atoms with E-state index in [4.69, 9.17) is 0 Å². The van der Waals surface area contributed by atoms with Crippen molar-refractivity contribution in [2.24, 2.45) is 5.18 Å². The molecule has 0 bridgehead atoms. The first kappa shape index (κ1) is 13.6. The van der Waals surface area contributed by atoms with E-state index >= 15 is 0 Å². The lowest BCUT2D eigenvalue weighted by atomic mass is 10.1. The highest BCUT2D eigenvalue weighted by Crippen LogP contribution is 2.15. The Bertz CT molecular complexity index is 680. The SMILES string of the molecule is Cc1ccccc1NC(=O)c1cccc(C(=O)N=O)c1. The minimum atomic E-state index is -0.893. The summed E-state index contributed by atoms with van der Waals surface area (Å²) in [5, 5.41) is 5.09. The Morgan fingerprint density at radius 1 is 1.00 bits per heavy atom. The molecule has 0 fully saturated rings. The van der Waals surface area contributed by atoms with Crippen molar-refractivity contribution in [1.29, 1.82) is 0 Å². The molecule has 2 amide bonds. The number of hydrogen-bond donors (Lipinski definition) is 1. The van der Waals surface area contributed by atoms with Gasteiger partial charge in [0.15, 0.2) is 0 Å². The second-order valence-corrected chi connectivity index (χ2v) is 4.25. The fourth-order valence-electron chi connectivity index (χ4n) is 1.75. The lowest BCUT2D eigenvalue weighted by molar-refractivity contribution is 0.100. The van der Waals surface area contributed by atoms with Gasteiger partial charge in [0.1, 0.15) is 0 Å². The zero-order valence-electron chi connectivity index (χ0n) is 10.8. The van der Waals surface area contributed by atoms with Gasteiger partial charge in [-0.2, -0.15) is 0 Å². The third-order valence-electron chi connectivity index (χ3n) is 2.85. The van der Waals surface area contributed by atoms with Crippen molar-refractivity contribution in [1.82, 2.24) is 0 Å². The highest BCUT2D eigenvalue weighted by molar-refractivity contribution is 6.06. The van der Waals surface area contributed by atoms with Gasteiger partial charge in [0.2, 0.25) is 0 Å². The molecule has 100 valence electrons. The van der Waals surface area contributed by atoms with Gasteiger partial charge in [-0.1, -0.05) is 24.3 Å². The Morgan fingerprint density at radius 2 is 1.70 bits per heavy atom. The van der Waals surface area contributed by atoms with Crippen LogP contribution in [0.2, 0.25) is 0 Å². The second-order valence-electron chi connectivity index (χ2n) is 4.25. The molecule has 0 unspecified atom stereocenters. The van der Waals surface area contributed by atoms with Crippen LogP contribution in [0.5, 0.6) is 0 Å². The molecule has 0 heterocycles. The molecular formula is C15H12N2O3. The molecule has 5 nitrogen and oxygen atoms in total. The zero-order chi connectivity index (χ0) is 14.5. The molecule has 5 heteroatoms. The van der Waals surface area contributed by atoms with Gasteiger partial charge in [0.25, 0.3) is 5.91 Å². The lowest BCUT2D eigenvalue weighted by Crippen LogP contribution is -2.13. The third-order valence-corrected chi connectivity index (χ3v) is 2.85. The maximum absolute atomic E-state index is 12.1. The Labute approximate surface area is 115 Å². The minimum Gasteiger partial charge on any atom is -0.322 e. The number of anilines is 1. The van der Waals surface area contributed by atoms with Crippen molar-refractivity contribution in [2.75, 3.05) is 5.32 Å². The average molecular weight is 268 g/mol. The van der Waals surface area contributed by atoms with Crippen molar-refractivity contribution in [3.8, 4) is 0 Å². The Balaban J connectivity index is 2.24. The van der Waals surface area contributed by atoms with Gasteiger partial charge >= 0.3 is 5.91 Å². The smallest absolute Gasteiger partial charge is 0.316 e. The van der Waals surface area contributed by atoms with E-state index in [9.17, 15) is 14.5 Å². The molecule has 0 aliphatic rings. The lowest BCUT2D eigenvalue weighted by Gasteiger charge is -2.08. The van der Waals surface area contributed by atoms with E-state index in [1.54, 1.807) is 12.1 Å². The van der Waals surface area contributed by atoms with Crippen molar-refractivity contribution in [3.63, 3.8) is 0 Å². The molecule has 2 rings (SSSR count). The number of rotatable bonds is 3. The van der Waals surface area contributed by atoms with Crippen LogP contribution in [0, 0.1) is 11.8 Å². The van der Waals surface area contributed by atoms with Gasteiger partial charge in [-0.25, -0.2) is 0 Å². The summed E-state index contributed by atoms with van der Waals surface area (Å²) in [7, 11) is 0. The Kier molecular flexibility index (Phi) is 4.00. The van der Waals surface area contributed by atoms with E-state index in [2.05, 4.69) is 10.5 Å². The third kappa shape index (κ3) is 2.95. The summed E-state index contributed by atoms with van der Waals surface area (Å²) < 4.78 is 0. The molecule has 0 aromatic heterocycles. The van der Waals surface area contributed by atoms with E-state index in [0.29, 0.717) is 11.3 Å². The second kappa shape index (κ2) is 5.88. The first-order valence-corrected chi connectivity index (χ1v) is 5.96. The Hall–Kier alpha value is -2.82. The van der Waals surface area contributed by atoms with E-state index < -0.39 is 5.91 Å². The van der Waals surface area contributed by atoms with Gasteiger partial charge in [0.05, 0.1) is 0 Å². The molecule has 0 saturated carbocycles. The summed E-state index contributed by atoms with van der Waals surface area (Å²) in [6.45, 7) is 1.88. The number of carbonyl (C=O) groups is 2. The van der Waals surface area contributed by atoms with Crippen molar-refractivity contribution in [2.45, 2.75) is 6.92 Å². The number of carbonyl (C=O) groups excluding carboxylic acids is 2. The van der Waals surface area contributed by atoms with Crippen LogP contribution in [0.15, 0.2) is 53.7 Å². The predicted octanol–water partition coefficient (Wildman–Crippen LogP) is 3.15. The monoisotopic (exact) mass is 268 g/mol. The largest absolute Gasteiger partial charge is 0.322 e. The first-order valence-electron chi connectivity index (χ1n) is 5.96. The number of benzene rings is 2. The summed E-state index contributed by atoms with van der Waals surface area (Å²) in [5.74, 6) is -1.24. The van der Waals surface area contributed by atoms with Gasteiger partial charge in [0, 0.05) is 22.0 Å². The van der Waals surface area contributed by atoms with Crippen molar-refractivity contribution < 1.29 is 9.59 Å². The molecule has 0 aliphatic heterocycles. The number of nitroso groups, excluding NO2 is 1. The zero-order valence-corrected chi connectivity index (χ0v) is 10.8. The molecule has 1 N–H and O–H groups in total. The van der Waals surface area contributed by atoms with E-state index in [1.807, 2.05) is 25.1 Å². The molecule has 2 aromatic rings. The average Bonchev–Trinajstić information content (AvgIpc) is 2.49. The van der Waals surface area contributed by atoms with Crippen LogP contribution >= 0.6 is 0 Å². The van der Waals surface area contributed by atoms with E-state index in [-0.39, 0.29) is 11.5 Å². The van der Waals surface area contributed by atoms with Crippen LogP contribution in [0.25, 0.3) is 0 Å². The maximum atomic E-state index is 12.1. The summed E-state index contributed by atoms with van der Waals surface area (Å²) in [6.07, 6.45) is 0. The molecule has 0 radical (unpaired) electrons. The number of aryl methyl sites for hydroxylation is 1. The van der Waals surface area contributed by atoms with E-state index in [0.717, 1.165) is 5.56 Å². The standard InChI is InChI=1S/C15H12N2O3/c1-10-5-2-3-8-13(10)16-14(18)11-6-4-7-12(9-11)15(19)17-20/h2-9H,1H3,(H,16,18). The van der Waals surface area contributed by atoms with Gasteiger partial charge in [-0.3, -0.25) is 9.59 Å². The molecule has 20 heavy (non-hydrogen) atoms. The normalized spacial score (nSPS) is 9.85. The number of nitrogens with zero attached hydrogens (tertiary/aromatic N) is 1. The maximum Gasteiger partial charge on any atom is 0.316 e. The first-order chi connectivity index (χ1) is 9.61. The Morgan fingerprint density at radius 3 is 2.40 bits per heavy atom.